The molecule has 0 radical (unpaired) electrons. The zero-order chi connectivity index (χ0) is 17.4. The van der Waals surface area contributed by atoms with Crippen molar-refractivity contribution in [1.29, 1.82) is 0 Å². The van der Waals surface area contributed by atoms with Gasteiger partial charge in [0.15, 0.2) is 0 Å². The Morgan fingerprint density at radius 3 is 2.60 bits per heavy atom. The molecule has 0 amide bonds. The molecule has 126 valence electrons. The summed E-state index contributed by atoms with van der Waals surface area (Å²) in [7, 11) is 0. The molecule has 2 aromatic heterocycles. The molecule has 25 heavy (non-hydrogen) atoms. The number of halogens is 1. The Morgan fingerprint density at radius 1 is 1.04 bits per heavy atom. The van der Waals surface area contributed by atoms with Gasteiger partial charge in [0, 0.05) is 11.8 Å². The molecule has 4 rings (SSSR count). The third-order valence-corrected chi connectivity index (χ3v) is 4.34. The molecule has 0 aliphatic carbocycles. The lowest BCUT2D eigenvalue weighted by atomic mass is 10.2. The number of benzene rings is 2. The second-order valence-electron chi connectivity index (χ2n) is 6.18. The van der Waals surface area contributed by atoms with E-state index in [1.807, 2.05) is 34.9 Å². The Hall–Kier alpha value is -2.95. The van der Waals surface area contributed by atoms with E-state index >= 15 is 0 Å². The van der Waals surface area contributed by atoms with Crippen molar-refractivity contribution in [3.8, 4) is 0 Å². The van der Waals surface area contributed by atoms with Crippen molar-refractivity contribution in [1.82, 2.24) is 14.0 Å². The molecule has 0 bridgehead atoms. The van der Waals surface area contributed by atoms with Crippen molar-refractivity contribution in [3.63, 3.8) is 0 Å². The maximum absolute atomic E-state index is 13.6. The van der Waals surface area contributed by atoms with Gasteiger partial charge in [-0.25, -0.2) is 13.8 Å². The van der Waals surface area contributed by atoms with Crippen LogP contribution in [0.15, 0.2) is 59.4 Å². The Kier molecular flexibility index (Phi) is 3.84. The highest BCUT2D eigenvalue weighted by atomic mass is 19.1. The van der Waals surface area contributed by atoms with Crippen molar-refractivity contribution in [2.75, 3.05) is 0 Å². The molecule has 2 heterocycles. The van der Waals surface area contributed by atoms with Crippen LogP contribution in [0.5, 0.6) is 0 Å². The van der Waals surface area contributed by atoms with Crippen LogP contribution in [0.25, 0.3) is 16.8 Å². The van der Waals surface area contributed by atoms with E-state index in [1.165, 1.54) is 12.1 Å². The number of hydrogen-bond acceptors (Lipinski definition) is 2. The zero-order valence-corrected chi connectivity index (χ0v) is 13.9. The van der Waals surface area contributed by atoms with E-state index in [9.17, 15) is 9.18 Å². The lowest BCUT2D eigenvalue weighted by Gasteiger charge is -2.07. The molecule has 0 saturated carbocycles. The number of fused-ring (bicyclic) bond motifs is 3. The van der Waals surface area contributed by atoms with Crippen molar-refractivity contribution >= 4 is 16.8 Å². The van der Waals surface area contributed by atoms with Gasteiger partial charge in [0.05, 0.1) is 17.6 Å². The quantitative estimate of drug-likeness (QED) is 0.569. The Morgan fingerprint density at radius 2 is 1.84 bits per heavy atom. The van der Waals surface area contributed by atoms with Gasteiger partial charge in [0.1, 0.15) is 5.82 Å². The largest absolute Gasteiger partial charge is 0.305 e. The molecule has 0 unspecified atom stereocenters. The van der Waals surface area contributed by atoms with Gasteiger partial charge in [-0.2, -0.15) is 0 Å². The molecule has 0 aliphatic rings. The summed E-state index contributed by atoms with van der Waals surface area (Å²) in [5, 5.41) is 0. The summed E-state index contributed by atoms with van der Waals surface area (Å²) in [4.78, 5) is 17.4. The van der Waals surface area contributed by atoms with Crippen LogP contribution in [0.4, 0.5) is 4.39 Å². The van der Waals surface area contributed by atoms with Crippen LogP contribution in [-0.4, -0.2) is 14.0 Å². The van der Waals surface area contributed by atoms with Crippen molar-refractivity contribution in [2.45, 2.75) is 26.3 Å². The van der Waals surface area contributed by atoms with Crippen LogP contribution in [0.1, 0.15) is 24.6 Å². The summed E-state index contributed by atoms with van der Waals surface area (Å²) in [6.45, 7) is 2.52. The fraction of sp³-hybridized carbons (Fsp3) is 0.200. The number of aromatic nitrogens is 3. The van der Waals surface area contributed by atoms with Gasteiger partial charge in [0.25, 0.3) is 5.56 Å². The minimum Gasteiger partial charge on any atom is -0.305 e. The number of hydrogen-bond donors (Lipinski definition) is 0. The van der Waals surface area contributed by atoms with Crippen molar-refractivity contribution < 1.29 is 4.39 Å². The second kappa shape index (κ2) is 6.16. The van der Waals surface area contributed by atoms with Crippen LogP contribution >= 0.6 is 0 Å². The first-order valence-corrected chi connectivity index (χ1v) is 8.41. The highest BCUT2D eigenvalue weighted by molar-refractivity contribution is 5.80. The summed E-state index contributed by atoms with van der Waals surface area (Å²) >= 11 is 0. The summed E-state index contributed by atoms with van der Waals surface area (Å²) in [5.41, 5.74) is 3.26. The molecule has 0 spiro atoms. The number of rotatable bonds is 4. The molecule has 4 nitrogen and oxygen atoms in total. The third kappa shape index (κ3) is 2.71. The minimum atomic E-state index is -0.268. The van der Waals surface area contributed by atoms with Crippen molar-refractivity contribution in [3.05, 3.63) is 82.0 Å². The molecule has 0 saturated heterocycles. The van der Waals surface area contributed by atoms with Crippen LogP contribution in [0.3, 0.4) is 0 Å². The third-order valence-electron chi connectivity index (χ3n) is 4.34. The fourth-order valence-corrected chi connectivity index (χ4v) is 3.27. The number of para-hydroxylation sites is 2. The van der Waals surface area contributed by atoms with Crippen LogP contribution < -0.4 is 5.56 Å². The predicted molar refractivity (Wildman–Crippen MR) is 96.5 cm³/mol. The van der Waals surface area contributed by atoms with Gasteiger partial charge >= 0.3 is 0 Å². The highest BCUT2D eigenvalue weighted by Gasteiger charge is 2.14. The van der Waals surface area contributed by atoms with Crippen LogP contribution in [0, 0.1) is 5.82 Å². The summed E-state index contributed by atoms with van der Waals surface area (Å²) in [6.07, 6.45) is 1.68. The Balaban J connectivity index is 2.01. The standard InChI is InChI=1S/C20H18FN3O/c1-2-6-16-12-19(25)24-18-10-4-3-9-17(18)23(20(24)22-16)13-14-7-5-8-15(21)11-14/h3-5,7-12H,2,6,13H2,1H3. The normalized spacial score (nSPS) is 11.4. The van der Waals surface area contributed by atoms with Gasteiger partial charge < -0.3 is 4.57 Å². The molecule has 0 aliphatic heterocycles. The maximum atomic E-state index is 13.6. The monoisotopic (exact) mass is 335 g/mol. The lowest BCUT2D eigenvalue weighted by molar-refractivity contribution is 0.624. The summed E-state index contributed by atoms with van der Waals surface area (Å²) in [6, 6.07) is 15.8. The maximum Gasteiger partial charge on any atom is 0.259 e. The van der Waals surface area contributed by atoms with E-state index in [-0.39, 0.29) is 11.4 Å². The van der Waals surface area contributed by atoms with E-state index in [0.717, 1.165) is 35.1 Å². The first-order valence-electron chi connectivity index (χ1n) is 8.41. The van der Waals surface area contributed by atoms with E-state index in [2.05, 4.69) is 6.92 Å². The van der Waals surface area contributed by atoms with E-state index in [1.54, 1.807) is 16.5 Å². The van der Waals surface area contributed by atoms with Gasteiger partial charge in [0.2, 0.25) is 5.78 Å². The number of aryl methyl sites for hydroxylation is 1. The molecule has 0 fully saturated rings. The van der Waals surface area contributed by atoms with E-state index in [4.69, 9.17) is 4.98 Å². The first kappa shape index (κ1) is 15.6. The number of imidazole rings is 1. The molecule has 0 atom stereocenters. The molecular formula is C20H18FN3O. The minimum absolute atomic E-state index is 0.0809. The van der Waals surface area contributed by atoms with Gasteiger partial charge in [-0.3, -0.25) is 4.79 Å². The predicted octanol–water partition coefficient (Wildman–Crippen LogP) is 3.79. The van der Waals surface area contributed by atoms with Gasteiger partial charge in [-0.1, -0.05) is 37.6 Å². The average molecular weight is 335 g/mol. The van der Waals surface area contributed by atoms with E-state index in [0.29, 0.717) is 12.3 Å². The number of nitrogens with zero attached hydrogens (tertiary/aromatic N) is 3. The topological polar surface area (TPSA) is 39.3 Å². The zero-order valence-electron chi connectivity index (χ0n) is 13.9. The molecule has 2 aromatic carbocycles. The fourth-order valence-electron chi connectivity index (χ4n) is 3.27. The van der Waals surface area contributed by atoms with Crippen molar-refractivity contribution in [2.24, 2.45) is 0 Å². The molecular weight excluding hydrogens is 317 g/mol. The molecule has 5 heteroatoms. The van der Waals surface area contributed by atoms with Crippen LogP contribution in [-0.2, 0) is 13.0 Å². The lowest BCUT2D eigenvalue weighted by Crippen LogP contribution is -2.16. The Labute approximate surface area is 144 Å². The summed E-state index contributed by atoms with van der Waals surface area (Å²) < 4.78 is 17.2. The first-order chi connectivity index (χ1) is 12.2. The highest BCUT2D eigenvalue weighted by Crippen LogP contribution is 2.20. The second-order valence-corrected chi connectivity index (χ2v) is 6.18. The molecule has 0 N–H and O–H groups in total. The smallest absolute Gasteiger partial charge is 0.259 e. The molecule has 4 aromatic rings. The average Bonchev–Trinajstić information content (AvgIpc) is 2.90. The van der Waals surface area contributed by atoms with E-state index < -0.39 is 0 Å². The summed E-state index contributed by atoms with van der Waals surface area (Å²) in [5.74, 6) is 0.330. The van der Waals surface area contributed by atoms with Gasteiger partial charge in [-0.15, -0.1) is 0 Å². The van der Waals surface area contributed by atoms with Gasteiger partial charge in [-0.05, 0) is 36.2 Å². The Bertz CT molecular complexity index is 1130. The van der Waals surface area contributed by atoms with Crippen LogP contribution in [0.2, 0.25) is 0 Å². The SMILES string of the molecule is CCCc1cc(=O)n2c3ccccc3n(Cc3cccc(F)c3)c2n1.